The molecule has 1 aliphatic heterocycles. The van der Waals surface area contributed by atoms with Crippen molar-refractivity contribution in [1.29, 1.82) is 0 Å². The number of hydrogen-bond donors (Lipinski definition) is 4. The van der Waals surface area contributed by atoms with Crippen LogP contribution < -0.4 is 10.1 Å². The molecule has 0 spiro atoms. The minimum absolute atomic E-state index is 0.142. The second-order valence-electron chi connectivity index (χ2n) is 4.57. The molecule has 3 unspecified atom stereocenters. The van der Waals surface area contributed by atoms with E-state index in [0.29, 0.717) is 18.6 Å². The minimum atomic E-state index is -1.03. The first-order valence-corrected chi connectivity index (χ1v) is 6.13. The first kappa shape index (κ1) is 13.8. The summed E-state index contributed by atoms with van der Waals surface area (Å²) in [5.41, 5.74) is 0.856. The monoisotopic (exact) mass is 267 g/mol. The molecule has 0 bridgehead atoms. The van der Waals surface area contributed by atoms with Crippen LogP contribution in [0.3, 0.4) is 0 Å². The summed E-state index contributed by atoms with van der Waals surface area (Å²) < 4.78 is 5.10. The van der Waals surface area contributed by atoms with E-state index in [-0.39, 0.29) is 5.92 Å². The summed E-state index contributed by atoms with van der Waals surface area (Å²) >= 11 is 0. The fourth-order valence-electron chi connectivity index (χ4n) is 2.22. The number of aliphatic hydroxyl groups excluding tert-OH is 2. The summed E-state index contributed by atoms with van der Waals surface area (Å²) in [6.45, 7) is -0.395. The zero-order chi connectivity index (χ0) is 13.8. The molecule has 4 N–H and O–H groups in total. The average molecular weight is 267 g/mol. The Balaban J connectivity index is 2.07. The van der Waals surface area contributed by atoms with E-state index in [1.165, 1.54) is 0 Å². The van der Waals surface area contributed by atoms with Gasteiger partial charge in [-0.3, -0.25) is 5.32 Å². The van der Waals surface area contributed by atoms with E-state index in [1.54, 1.807) is 18.2 Å². The van der Waals surface area contributed by atoms with Crippen LogP contribution in [0.25, 0.3) is 0 Å². The molecule has 1 fully saturated rings. The Bertz CT molecular complexity index is 450. The molecule has 0 saturated carbocycles. The van der Waals surface area contributed by atoms with Crippen LogP contribution in [0.15, 0.2) is 24.3 Å². The standard InChI is InChI=1S/C13H17NO5/c15-11-5-4-10(13(18)14-11)8-2-1-3-9(6-8)19-7-12(16)17/h1-3,6,10-11,13-15,18H,4-5,7H2,(H,16,17). The van der Waals surface area contributed by atoms with Gasteiger partial charge in [-0.2, -0.15) is 0 Å². The van der Waals surface area contributed by atoms with Gasteiger partial charge in [0.1, 0.15) is 18.2 Å². The highest BCUT2D eigenvalue weighted by Crippen LogP contribution is 2.30. The summed E-state index contributed by atoms with van der Waals surface area (Å²) in [6.07, 6.45) is -0.296. The number of piperidine rings is 1. The molecule has 3 atom stereocenters. The van der Waals surface area contributed by atoms with Gasteiger partial charge in [0.2, 0.25) is 0 Å². The number of carboxylic acid groups (broad SMARTS) is 1. The van der Waals surface area contributed by atoms with Crippen LogP contribution in [0, 0.1) is 0 Å². The van der Waals surface area contributed by atoms with Crippen LogP contribution in [0.4, 0.5) is 0 Å². The number of carbonyl (C=O) groups is 1. The molecule has 1 aliphatic rings. The van der Waals surface area contributed by atoms with Crippen molar-refractivity contribution in [2.75, 3.05) is 6.61 Å². The third kappa shape index (κ3) is 3.66. The van der Waals surface area contributed by atoms with Gasteiger partial charge in [-0.15, -0.1) is 0 Å². The lowest BCUT2D eigenvalue weighted by Crippen LogP contribution is -2.46. The fraction of sp³-hybridized carbons (Fsp3) is 0.462. The Morgan fingerprint density at radius 2 is 2.16 bits per heavy atom. The maximum absolute atomic E-state index is 10.4. The number of aliphatic carboxylic acids is 1. The summed E-state index contributed by atoms with van der Waals surface area (Å²) in [5, 5.41) is 30.5. The predicted molar refractivity (Wildman–Crippen MR) is 66.7 cm³/mol. The maximum atomic E-state index is 10.4. The van der Waals surface area contributed by atoms with E-state index < -0.39 is 25.0 Å². The quantitative estimate of drug-likeness (QED) is 0.624. The lowest BCUT2D eigenvalue weighted by atomic mass is 9.89. The van der Waals surface area contributed by atoms with Gasteiger partial charge < -0.3 is 20.1 Å². The Labute approximate surface area is 110 Å². The van der Waals surface area contributed by atoms with E-state index >= 15 is 0 Å². The van der Waals surface area contributed by atoms with Gasteiger partial charge in [0, 0.05) is 5.92 Å². The van der Waals surface area contributed by atoms with Gasteiger partial charge in [-0.25, -0.2) is 4.79 Å². The van der Waals surface area contributed by atoms with Crippen molar-refractivity contribution in [3.63, 3.8) is 0 Å². The van der Waals surface area contributed by atoms with E-state index in [0.717, 1.165) is 5.56 Å². The molecule has 6 nitrogen and oxygen atoms in total. The summed E-state index contributed by atoms with van der Waals surface area (Å²) in [4.78, 5) is 10.4. The molecular weight excluding hydrogens is 250 g/mol. The number of nitrogens with one attached hydrogen (secondary N) is 1. The number of hydrogen-bond acceptors (Lipinski definition) is 5. The van der Waals surface area contributed by atoms with Crippen molar-refractivity contribution in [2.45, 2.75) is 31.2 Å². The SMILES string of the molecule is O=C(O)COc1cccc(C2CCC(O)NC2O)c1. The Hall–Kier alpha value is -1.63. The normalized spacial score (nSPS) is 26.9. The molecule has 0 amide bonds. The van der Waals surface area contributed by atoms with Crippen molar-refractivity contribution in [3.05, 3.63) is 29.8 Å². The number of ether oxygens (including phenoxy) is 1. The smallest absolute Gasteiger partial charge is 0.341 e. The van der Waals surface area contributed by atoms with Crippen molar-refractivity contribution in [3.8, 4) is 5.75 Å². The molecule has 2 rings (SSSR count). The van der Waals surface area contributed by atoms with Crippen LogP contribution in [0.2, 0.25) is 0 Å². The maximum Gasteiger partial charge on any atom is 0.341 e. The molecule has 1 aromatic rings. The van der Waals surface area contributed by atoms with Crippen molar-refractivity contribution in [2.24, 2.45) is 0 Å². The second kappa shape index (κ2) is 6.01. The minimum Gasteiger partial charge on any atom is -0.482 e. The Morgan fingerprint density at radius 1 is 1.37 bits per heavy atom. The largest absolute Gasteiger partial charge is 0.482 e. The molecule has 1 aromatic carbocycles. The number of carboxylic acids is 1. The lowest BCUT2D eigenvalue weighted by Gasteiger charge is -2.32. The van der Waals surface area contributed by atoms with Crippen LogP contribution in [0.5, 0.6) is 5.75 Å². The van der Waals surface area contributed by atoms with E-state index in [4.69, 9.17) is 9.84 Å². The topological polar surface area (TPSA) is 99.0 Å². The first-order chi connectivity index (χ1) is 9.06. The molecule has 1 saturated heterocycles. The van der Waals surface area contributed by atoms with Crippen molar-refractivity contribution >= 4 is 5.97 Å². The molecular formula is C13H17NO5. The molecule has 0 aliphatic carbocycles. The van der Waals surface area contributed by atoms with Gasteiger partial charge >= 0.3 is 5.97 Å². The van der Waals surface area contributed by atoms with Gasteiger partial charge in [0.15, 0.2) is 6.61 Å². The zero-order valence-electron chi connectivity index (χ0n) is 10.3. The lowest BCUT2D eigenvalue weighted by molar-refractivity contribution is -0.139. The average Bonchev–Trinajstić information content (AvgIpc) is 2.36. The molecule has 1 heterocycles. The molecule has 0 aromatic heterocycles. The molecule has 0 radical (unpaired) electrons. The van der Waals surface area contributed by atoms with Gasteiger partial charge in [0.05, 0.1) is 0 Å². The predicted octanol–water partition coefficient (Wildman–Crippen LogP) is 0.254. The molecule has 6 heteroatoms. The van der Waals surface area contributed by atoms with Crippen LogP contribution >= 0.6 is 0 Å². The van der Waals surface area contributed by atoms with Crippen LogP contribution in [-0.2, 0) is 4.79 Å². The fourth-order valence-corrected chi connectivity index (χ4v) is 2.22. The first-order valence-electron chi connectivity index (χ1n) is 6.13. The zero-order valence-corrected chi connectivity index (χ0v) is 10.3. The highest BCUT2D eigenvalue weighted by molar-refractivity contribution is 5.68. The molecule has 19 heavy (non-hydrogen) atoms. The summed E-state index contributed by atoms with van der Waals surface area (Å²) in [5.74, 6) is -0.720. The van der Waals surface area contributed by atoms with E-state index in [9.17, 15) is 15.0 Å². The van der Waals surface area contributed by atoms with Crippen molar-refractivity contribution < 1.29 is 24.9 Å². The van der Waals surface area contributed by atoms with E-state index in [1.807, 2.05) is 6.07 Å². The number of aliphatic hydroxyl groups is 2. The third-order valence-electron chi connectivity index (χ3n) is 3.14. The van der Waals surface area contributed by atoms with Gasteiger partial charge in [0.25, 0.3) is 0 Å². The van der Waals surface area contributed by atoms with Gasteiger partial charge in [-0.05, 0) is 30.5 Å². The number of rotatable bonds is 4. The summed E-state index contributed by atoms with van der Waals surface area (Å²) in [6, 6.07) is 6.99. The molecule has 104 valence electrons. The summed E-state index contributed by atoms with van der Waals surface area (Å²) in [7, 11) is 0. The van der Waals surface area contributed by atoms with E-state index in [2.05, 4.69) is 5.32 Å². The Morgan fingerprint density at radius 3 is 2.84 bits per heavy atom. The second-order valence-corrected chi connectivity index (χ2v) is 4.57. The number of benzene rings is 1. The van der Waals surface area contributed by atoms with Crippen molar-refractivity contribution in [1.82, 2.24) is 5.32 Å². The highest BCUT2D eigenvalue weighted by Gasteiger charge is 2.28. The van der Waals surface area contributed by atoms with Gasteiger partial charge in [-0.1, -0.05) is 12.1 Å². The Kier molecular flexibility index (Phi) is 4.36. The van der Waals surface area contributed by atoms with Crippen LogP contribution in [0.1, 0.15) is 24.3 Å². The highest BCUT2D eigenvalue weighted by atomic mass is 16.5. The third-order valence-corrected chi connectivity index (χ3v) is 3.14. The van der Waals surface area contributed by atoms with Crippen LogP contribution in [-0.4, -0.2) is 40.4 Å².